The van der Waals surface area contributed by atoms with Crippen LogP contribution in [0.15, 0.2) is 18.2 Å². The van der Waals surface area contributed by atoms with Crippen molar-refractivity contribution in [3.8, 4) is 11.5 Å². The van der Waals surface area contributed by atoms with Crippen molar-refractivity contribution in [1.29, 1.82) is 0 Å². The summed E-state index contributed by atoms with van der Waals surface area (Å²) >= 11 is 0. The lowest BCUT2D eigenvalue weighted by Crippen LogP contribution is -2.42. The van der Waals surface area contributed by atoms with E-state index in [0.29, 0.717) is 30.9 Å². The van der Waals surface area contributed by atoms with Crippen LogP contribution in [0, 0.1) is 0 Å². The van der Waals surface area contributed by atoms with E-state index in [0.717, 1.165) is 5.56 Å². The molecule has 0 amide bonds. The Labute approximate surface area is 118 Å². The fraction of sp³-hybridized carbons (Fsp3) is 0.600. The fourth-order valence-corrected chi connectivity index (χ4v) is 3.02. The standard InChI is InChI=1S/C15H21F2NO2/c1-19-11-4-3-5-12(20-2)13(11)14(10-18)6-8-15(16,17)9-7-14/h3-5H,6-10,18H2,1-2H3. The molecular weight excluding hydrogens is 264 g/mol. The minimum atomic E-state index is -2.59. The van der Waals surface area contributed by atoms with Gasteiger partial charge in [-0.3, -0.25) is 0 Å². The molecule has 1 aromatic carbocycles. The second-order valence-corrected chi connectivity index (χ2v) is 5.38. The lowest BCUT2D eigenvalue weighted by atomic mass is 9.68. The summed E-state index contributed by atoms with van der Waals surface area (Å²) in [7, 11) is 3.14. The number of alkyl halides is 2. The van der Waals surface area contributed by atoms with Crippen molar-refractivity contribution in [2.24, 2.45) is 5.73 Å². The first kappa shape index (κ1) is 15.0. The van der Waals surface area contributed by atoms with Gasteiger partial charge in [-0.2, -0.15) is 0 Å². The molecule has 2 N–H and O–H groups in total. The minimum Gasteiger partial charge on any atom is -0.496 e. The zero-order chi connectivity index (χ0) is 14.8. The van der Waals surface area contributed by atoms with Crippen LogP contribution in [0.1, 0.15) is 31.2 Å². The molecule has 1 aliphatic rings. The highest BCUT2D eigenvalue weighted by atomic mass is 19.3. The van der Waals surface area contributed by atoms with Crippen molar-refractivity contribution in [2.75, 3.05) is 20.8 Å². The van der Waals surface area contributed by atoms with Gasteiger partial charge in [0.2, 0.25) is 5.92 Å². The van der Waals surface area contributed by atoms with Crippen molar-refractivity contribution in [1.82, 2.24) is 0 Å². The number of ether oxygens (including phenoxy) is 2. The summed E-state index contributed by atoms with van der Waals surface area (Å²) < 4.78 is 37.7. The number of methoxy groups -OCH3 is 2. The number of halogens is 2. The molecule has 0 saturated heterocycles. The van der Waals surface area contributed by atoms with Crippen LogP contribution in [0.2, 0.25) is 0 Å². The average molecular weight is 285 g/mol. The van der Waals surface area contributed by atoms with E-state index in [1.807, 2.05) is 18.2 Å². The molecule has 0 bridgehead atoms. The van der Waals surface area contributed by atoms with Gasteiger partial charge in [0, 0.05) is 30.4 Å². The first-order valence-corrected chi connectivity index (χ1v) is 6.77. The summed E-state index contributed by atoms with van der Waals surface area (Å²) in [6.07, 6.45) is 0.386. The molecule has 1 fully saturated rings. The van der Waals surface area contributed by atoms with Crippen LogP contribution in [0.3, 0.4) is 0 Å². The molecule has 20 heavy (non-hydrogen) atoms. The van der Waals surface area contributed by atoms with Gasteiger partial charge in [0.05, 0.1) is 14.2 Å². The molecule has 5 heteroatoms. The molecule has 0 spiro atoms. The van der Waals surface area contributed by atoms with Gasteiger partial charge in [-0.1, -0.05) is 6.07 Å². The molecule has 1 aliphatic carbocycles. The molecule has 1 saturated carbocycles. The smallest absolute Gasteiger partial charge is 0.248 e. The van der Waals surface area contributed by atoms with Crippen molar-refractivity contribution in [3.05, 3.63) is 23.8 Å². The van der Waals surface area contributed by atoms with Gasteiger partial charge in [0.25, 0.3) is 0 Å². The maximum absolute atomic E-state index is 13.5. The number of rotatable bonds is 4. The maximum atomic E-state index is 13.5. The van der Waals surface area contributed by atoms with E-state index in [1.165, 1.54) is 0 Å². The fourth-order valence-electron chi connectivity index (χ4n) is 3.02. The number of hydrogen-bond acceptors (Lipinski definition) is 3. The second-order valence-electron chi connectivity index (χ2n) is 5.38. The molecule has 0 heterocycles. The zero-order valence-corrected chi connectivity index (χ0v) is 11.9. The van der Waals surface area contributed by atoms with Gasteiger partial charge < -0.3 is 15.2 Å². The summed E-state index contributed by atoms with van der Waals surface area (Å²) in [5.41, 5.74) is 6.27. The molecule has 1 aromatic rings. The predicted molar refractivity (Wildman–Crippen MR) is 73.7 cm³/mol. The number of nitrogens with two attached hydrogens (primary N) is 1. The highest BCUT2D eigenvalue weighted by Crippen LogP contribution is 2.50. The maximum Gasteiger partial charge on any atom is 0.248 e. The largest absolute Gasteiger partial charge is 0.496 e. The Bertz CT molecular complexity index is 445. The molecule has 3 nitrogen and oxygen atoms in total. The van der Waals surface area contributed by atoms with E-state index in [4.69, 9.17) is 15.2 Å². The zero-order valence-electron chi connectivity index (χ0n) is 11.9. The van der Waals surface area contributed by atoms with Crippen LogP contribution in [0.5, 0.6) is 11.5 Å². The second kappa shape index (κ2) is 5.56. The first-order valence-electron chi connectivity index (χ1n) is 6.77. The van der Waals surface area contributed by atoms with Crippen LogP contribution >= 0.6 is 0 Å². The van der Waals surface area contributed by atoms with Crippen LogP contribution < -0.4 is 15.2 Å². The number of benzene rings is 1. The van der Waals surface area contributed by atoms with E-state index in [1.54, 1.807) is 14.2 Å². The Hall–Kier alpha value is -1.36. The summed E-state index contributed by atoms with van der Waals surface area (Å²) in [6, 6.07) is 5.47. The van der Waals surface area contributed by atoms with Crippen LogP contribution in [0.4, 0.5) is 8.78 Å². The molecule has 0 aromatic heterocycles. The van der Waals surface area contributed by atoms with Crippen molar-refractivity contribution in [3.63, 3.8) is 0 Å². The molecular formula is C15H21F2NO2. The lowest BCUT2D eigenvalue weighted by Gasteiger charge is -2.40. The molecule has 112 valence electrons. The average Bonchev–Trinajstić information content (AvgIpc) is 2.47. The van der Waals surface area contributed by atoms with Gasteiger partial charge in [0.15, 0.2) is 0 Å². The molecule has 0 radical (unpaired) electrons. The molecule has 0 aliphatic heterocycles. The topological polar surface area (TPSA) is 44.5 Å². The van der Waals surface area contributed by atoms with Crippen molar-refractivity contribution < 1.29 is 18.3 Å². The number of hydrogen-bond donors (Lipinski definition) is 1. The normalized spacial score (nSPS) is 20.4. The van der Waals surface area contributed by atoms with Crippen molar-refractivity contribution in [2.45, 2.75) is 37.0 Å². The predicted octanol–water partition coefficient (Wildman–Crippen LogP) is 3.11. The Morgan fingerprint density at radius 1 is 1.05 bits per heavy atom. The van der Waals surface area contributed by atoms with Gasteiger partial charge in [-0.05, 0) is 25.0 Å². The van der Waals surface area contributed by atoms with E-state index in [9.17, 15) is 8.78 Å². The summed E-state index contributed by atoms with van der Waals surface area (Å²) in [5, 5.41) is 0. The van der Waals surface area contributed by atoms with Gasteiger partial charge in [-0.25, -0.2) is 8.78 Å². The van der Waals surface area contributed by atoms with Gasteiger partial charge in [0.1, 0.15) is 11.5 Å². The summed E-state index contributed by atoms with van der Waals surface area (Å²) in [6.45, 7) is 0.305. The summed E-state index contributed by atoms with van der Waals surface area (Å²) in [4.78, 5) is 0. The Morgan fingerprint density at radius 3 is 1.95 bits per heavy atom. The third-order valence-corrected chi connectivity index (χ3v) is 4.29. The Kier molecular flexibility index (Phi) is 4.18. The van der Waals surface area contributed by atoms with Gasteiger partial charge in [-0.15, -0.1) is 0 Å². The van der Waals surface area contributed by atoms with E-state index < -0.39 is 11.3 Å². The van der Waals surface area contributed by atoms with Crippen LogP contribution in [0.25, 0.3) is 0 Å². The van der Waals surface area contributed by atoms with Crippen molar-refractivity contribution >= 4 is 0 Å². The molecule has 0 atom stereocenters. The van der Waals surface area contributed by atoms with Crippen LogP contribution in [-0.2, 0) is 5.41 Å². The highest BCUT2D eigenvalue weighted by Gasteiger charge is 2.46. The molecule has 2 rings (SSSR count). The van der Waals surface area contributed by atoms with Gasteiger partial charge >= 0.3 is 0 Å². The van der Waals surface area contributed by atoms with E-state index in [-0.39, 0.29) is 12.8 Å². The monoisotopic (exact) mass is 285 g/mol. The minimum absolute atomic E-state index is 0.147. The quantitative estimate of drug-likeness (QED) is 0.924. The molecule has 0 unspecified atom stereocenters. The van der Waals surface area contributed by atoms with E-state index in [2.05, 4.69) is 0 Å². The third kappa shape index (κ3) is 2.59. The Morgan fingerprint density at radius 2 is 1.55 bits per heavy atom. The SMILES string of the molecule is COc1cccc(OC)c1C1(CN)CCC(F)(F)CC1. The highest BCUT2D eigenvalue weighted by molar-refractivity contribution is 5.50. The third-order valence-electron chi connectivity index (χ3n) is 4.29. The first-order chi connectivity index (χ1) is 9.48. The lowest BCUT2D eigenvalue weighted by molar-refractivity contribution is -0.0513. The Balaban J connectivity index is 2.47. The van der Waals surface area contributed by atoms with E-state index >= 15 is 0 Å². The summed E-state index contributed by atoms with van der Waals surface area (Å²) in [5.74, 6) is -1.28. The van der Waals surface area contributed by atoms with Crippen LogP contribution in [-0.4, -0.2) is 26.7 Å².